The van der Waals surface area contributed by atoms with Crippen LogP contribution in [0, 0.1) is 6.92 Å². The molecule has 0 saturated carbocycles. The quantitative estimate of drug-likeness (QED) is 0.858. The molecule has 1 heterocycles. The smallest absolute Gasteiger partial charge is 0.335 e. The van der Waals surface area contributed by atoms with Crippen LogP contribution in [0.5, 0.6) is 0 Å². The summed E-state index contributed by atoms with van der Waals surface area (Å²) in [6.07, 6.45) is 1.59. The normalized spacial score (nSPS) is 16.0. The van der Waals surface area contributed by atoms with Crippen molar-refractivity contribution in [3.63, 3.8) is 0 Å². The molecule has 0 atom stereocenters. The Balaban J connectivity index is 1.87. The molecule has 0 aliphatic carbocycles. The number of anilines is 1. The molecule has 0 radical (unpaired) electrons. The van der Waals surface area contributed by atoms with Crippen LogP contribution in [0.4, 0.5) is 10.5 Å². The molecule has 0 bridgehead atoms. The van der Waals surface area contributed by atoms with Gasteiger partial charge in [0.05, 0.1) is 16.2 Å². The molecule has 2 amide bonds. The van der Waals surface area contributed by atoms with Gasteiger partial charge in [0.1, 0.15) is 0 Å². The molecule has 1 N–H and O–H groups in total. The average Bonchev–Trinajstić information content (AvgIpc) is 2.83. The Bertz CT molecular complexity index is 854. The summed E-state index contributed by atoms with van der Waals surface area (Å²) in [5, 5.41) is 8.54. The summed E-state index contributed by atoms with van der Waals surface area (Å²) >= 11 is 0.868. The van der Waals surface area contributed by atoms with Gasteiger partial charge in [-0.1, -0.05) is 29.8 Å². The molecule has 1 saturated heterocycles. The number of imide groups is 1. The lowest BCUT2D eigenvalue weighted by Gasteiger charge is -2.12. The summed E-state index contributed by atoms with van der Waals surface area (Å²) in [5.41, 5.74) is 2.40. The number of carboxylic acid groups (broad SMARTS) is 1. The lowest BCUT2D eigenvalue weighted by atomic mass is 10.1. The first-order valence-corrected chi connectivity index (χ1v) is 7.95. The second-order valence-electron chi connectivity index (χ2n) is 5.28. The van der Waals surface area contributed by atoms with Crippen LogP contribution in [-0.2, 0) is 4.79 Å². The largest absolute Gasteiger partial charge is 0.478 e. The molecule has 1 fully saturated rings. The Hall–Kier alpha value is -2.86. The van der Waals surface area contributed by atoms with Crippen LogP contribution < -0.4 is 4.90 Å². The lowest BCUT2D eigenvalue weighted by Crippen LogP contribution is -2.27. The van der Waals surface area contributed by atoms with E-state index < -0.39 is 5.97 Å². The topological polar surface area (TPSA) is 74.7 Å². The third-order valence-electron chi connectivity index (χ3n) is 3.54. The van der Waals surface area contributed by atoms with E-state index in [2.05, 4.69) is 0 Å². The second-order valence-corrected chi connectivity index (χ2v) is 6.27. The second kappa shape index (κ2) is 6.33. The van der Waals surface area contributed by atoms with Crippen molar-refractivity contribution >= 4 is 40.6 Å². The number of benzene rings is 2. The highest BCUT2D eigenvalue weighted by atomic mass is 32.2. The molecular weight excluding hydrogens is 326 g/mol. The third kappa shape index (κ3) is 3.09. The van der Waals surface area contributed by atoms with Crippen molar-refractivity contribution in [2.45, 2.75) is 6.92 Å². The lowest BCUT2D eigenvalue weighted by molar-refractivity contribution is -0.113. The maximum absolute atomic E-state index is 12.5. The van der Waals surface area contributed by atoms with E-state index in [9.17, 15) is 14.4 Å². The molecule has 2 aromatic carbocycles. The van der Waals surface area contributed by atoms with Crippen molar-refractivity contribution in [3.05, 3.63) is 70.1 Å². The maximum Gasteiger partial charge on any atom is 0.335 e. The highest BCUT2D eigenvalue weighted by molar-refractivity contribution is 8.19. The molecule has 0 spiro atoms. The van der Waals surface area contributed by atoms with Crippen molar-refractivity contribution < 1.29 is 19.5 Å². The minimum Gasteiger partial charge on any atom is -0.478 e. The molecule has 6 heteroatoms. The van der Waals surface area contributed by atoms with Crippen LogP contribution in [0.25, 0.3) is 6.08 Å². The molecule has 2 aromatic rings. The van der Waals surface area contributed by atoms with Crippen LogP contribution in [0.3, 0.4) is 0 Å². The first-order chi connectivity index (χ1) is 11.5. The van der Waals surface area contributed by atoms with Gasteiger partial charge in [0.25, 0.3) is 11.1 Å². The fourth-order valence-electron chi connectivity index (χ4n) is 2.26. The van der Waals surface area contributed by atoms with E-state index in [1.807, 2.05) is 19.1 Å². The average molecular weight is 339 g/mol. The maximum atomic E-state index is 12.5. The molecule has 0 unspecified atom stereocenters. The van der Waals surface area contributed by atoms with Crippen LogP contribution in [0.1, 0.15) is 21.5 Å². The van der Waals surface area contributed by atoms with E-state index in [1.54, 1.807) is 30.3 Å². The Kier molecular flexibility index (Phi) is 4.22. The SMILES string of the molecule is Cc1ccc(N2C(=O)S/C(=C\c3ccc(C(=O)O)cc3)C2=O)cc1. The number of thioether (sulfide) groups is 1. The van der Waals surface area contributed by atoms with Crippen molar-refractivity contribution in [1.82, 2.24) is 0 Å². The first-order valence-electron chi connectivity index (χ1n) is 7.14. The molecule has 120 valence electrons. The van der Waals surface area contributed by atoms with E-state index in [0.717, 1.165) is 22.2 Å². The van der Waals surface area contributed by atoms with Gasteiger partial charge in [0, 0.05) is 0 Å². The van der Waals surface area contributed by atoms with Crippen molar-refractivity contribution in [1.29, 1.82) is 0 Å². The Morgan fingerprint density at radius 1 is 1.04 bits per heavy atom. The van der Waals surface area contributed by atoms with E-state index in [4.69, 9.17) is 5.11 Å². The number of carboxylic acids is 1. The fraction of sp³-hybridized carbons (Fsp3) is 0.0556. The van der Waals surface area contributed by atoms with Gasteiger partial charge in [-0.05, 0) is 54.6 Å². The number of carbonyl (C=O) groups is 3. The Labute approximate surface area is 142 Å². The summed E-state index contributed by atoms with van der Waals surface area (Å²) in [4.78, 5) is 37.0. The minimum atomic E-state index is -1.01. The third-order valence-corrected chi connectivity index (χ3v) is 4.41. The van der Waals surface area contributed by atoms with Crippen LogP contribution in [0.2, 0.25) is 0 Å². The number of aromatic carboxylic acids is 1. The van der Waals surface area contributed by atoms with Gasteiger partial charge in [0.2, 0.25) is 0 Å². The van der Waals surface area contributed by atoms with E-state index in [-0.39, 0.29) is 16.7 Å². The van der Waals surface area contributed by atoms with Crippen molar-refractivity contribution in [2.24, 2.45) is 0 Å². The van der Waals surface area contributed by atoms with Gasteiger partial charge in [-0.2, -0.15) is 0 Å². The molecule has 0 aromatic heterocycles. The number of hydrogen-bond acceptors (Lipinski definition) is 4. The fourth-order valence-corrected chi connectivity index (χ4v) is 3.10. The van der Waals surface area contributed by atoms with E-state index in [0.29, 0.717) is 16.2 Å². The number of hydrogen-bond donors (Lipinski definition) is 1. The molecular formula is C18H13NO4S. The van der Waals surface area contributed by atoms with Crippen LogP contribution >= 0.6 is 11.8 Å². The summed E-state index contributed by atoms with van der Waals surface area (Å²) in [7, 11) is 0. The summed E-state index contributed by atoms with van der Waals surface area (Å²) in [6.45, 7) is 1.93. The number of nitrogens with zero attached hydrogens (tertiary/aromatic N) is 1. The summed E-state index contributed by atoms with van der Waals surface area (Å²) in [6, 6.07) is 13.3. The molecule has 3 rings (SSSR count). The molecule has 24 heavy (non-hydrogen) atoms. The Morgan fingerprint density at radius 3 is 2.25 bits per heavy atom. The molecule has 1 aliphatic heterocycles. The van der Waals surface area contributed by atoms with Crippen LogP contribution in [0.15, 0.2) is 53.4 Å². The Morgan fingerprint density at radius 2 is 1.67 bits per heavy atom. The van der Waals surface area contributed by atoms with Gasteiger partial charge in [-0.25, -0.2) is 9.69 Å². The number of rotatable bonds is 3. The predicted octanol–water partition coefficient (Wildman–Crippen LogP) is 3.93. The minimum absolute atomic E-state index is 0.167. The highest BCUT2D eigenvalue weighted by Crippen LogP contribution is 2.35. The zero-order valence-electron chi connectivity index (χ0n) is 12.7. The van der Waals surface area contributed by atoms with Crippen LogP contribution in [-0.4, -0.2) is 22.2 Å². The van der Waals surface area contributed by atoms with E-state index in [1.165, 1.54) is 12.1 Å². The predicted molar refractivity (Wildman–Crippen MR) is 93.0 cm³/mol. The van der Waals surface area contributed by atoms with E-state index >= 15 is 0 Å². The molecule has 1 aliphatic rings. The number of carbonyl (C=O) groups excluding carboxylic acids is 2. The zero-order chi connectivity index (χ0) is 17.3. The van der Waals surface area contributed by atoms with Gasteiger partial charge < -0.3 is 5.11 Å². The monoisotopic (exact) mass is 339 g/mol. The van der Waals surface area contributed by atoms with Crippen molar-refractivity contribution in [3.8, 4) is 0 Å². The highest BCUT2D eigenvalue weighted by Gasteiger charge is 2.36. The van der Waals surface area contributed by atoms with Crippen molar-refractivity contribution in [2.75, 3.05) is 4.90 Å². The van der Waals surface area contributed by atoms with Gasteiger partial charge in [-0.3, -0.25) is 9.59 Å². The molecule has 5 nitrogen and oxygen atoms in total. The van der Waals surface area contributed by atoms with Gasteiger partial charge in [-0.15, -0.1) is 0 Å². The standard InChI is InChI=1S/C18H13NO4S/c1-11-2-8-14(9-3-11)19-16(20)15(24-18(19)23)10-12-4-6-13(7-5-12)17(21)22/h2-10H,1H3,(H,21,22)/b15-10-. The summed E-state index contributed by atoms with van der Waals surface area (Å²) < 4.78 is 0. The van der Waals surface area contributed by atoms with Gasteiger partial charge >= 0.3 is 5.97 Å². The number of amides is 2. The number of aryl methyl sites for hydroxylation is 1. The zero-order valence-corrected chi connectivity index (χ0v) is 13.5. The van der Waals surface area contributed by atoms with Gasteiger partial charge in [0.15, 0.2) is 0 Å². The first kappa shape index (κ1) is 16.0. The summed E-state index contributed by atoms with van der Waals surface area (Å²) in [5.74, 6) is -1.39.